The molecule has 2 heterocycles. The average molecular weight is 482 g/mol. The van der Waals surface area contributed by atoms with Gasteiger partial charge in [-0.25, -0.2) is 8.42 Å². The summed E-state index contributed by atoms with van der Waals surface area (Å²) in [5.41, 5.74) is 1.45. The molecule has 164 valence electrons. The van der Waals surface area contributed by atoms with Crippen LogP contribution in [0, 0.1) is 6.92 Å². The topological polar surface area (TPSA) is 105 Å². The van der Waals surface area contributed by atoms with Crippen LogP contribution in [0.4, 0.5) is 11.4 Å². The van der Waals surface area contributed by atoms with E-state index in [1.54, 1.807) is 36.1 Å². The molecule has 2 aliphatic heterocycles. The molecule has 2 aromatic carbocycles. The maximum Gasteiger partial charge on any atom is 0.261 e. The lowest BCUT2D eigenvalue weighted by atomic mass is 10.2. The number of carbonyl (C=O) groups is 2. The monoisotopic (exact) mass is 481 g/mol. The first-order chi connectivity index (χ1) is 14.7. The zero-order chi connectivity index (χ0) is 22.2. The van der Waals surface area contributed by atoms with E-state index in [1.165, 1.54) is 12.1 Å². The number of carbonyl (C=O) groups excluding carboxylic acids is 2. The Hall–Kier alpha value is -2.27. The van der Waals surface area contributed by atoms with Gasteiger partial charge in [-0.05, 0) is 48.9 Å². The molecule has 1 fully saturated rings. The Morgan fingerprint density at radius 2 is 1.97 bits per heavy atom. The third kappa shape index (κ3) is 4.67. The number of amides is 2. The van der Waals surface area contributed by atoms with Crippen LogP contribution in [0.3, 0.4) is 0 Å². The normalized spacial score (nSPS) is 18.8. The molecule has 2 aliphatic rings. The highest BCUT2D eigenvalue weighted by atomic mass is 35.5. The lowest BCUT2D eigenvalue weighted by Crippen LogP contribution is -2.49. The minimum atomic E-state index is -3.89. The number of anilines is 2. The second-order valence-corrected chi connectivity index (χ2v) is 10.4. The molecule has 1 atom stereocenters. The smallest absolute Gasteiger partial charge is 0.261 e. The first kappa shape index (κ1) is 21.9. The molecule has 0 saturated carbocycles. The van der Waals surface area contributed by atoms with Crippen molar-refractivity contribution in [2.45, 2.75) is 22.0 Å². The van der Waals surface area contributed by atoms with E-state index in [9.17, 15) is 18.0 Å². The molecule has 31 heavy (non-hydrogen) atoms. The Labute approximate surface area is 189 Å². The summed E-state index contributed by atoms with van der Waals surface area (Å²) in [4.78, 5) is 27.6. The van der Waals surface area contributed by atoms with Crippen LogP contribution in [-0.2, 0) is 24.3 Å². The maximum atomic E-state index is 12.8. The third-order valence-corrected chi connectivity index (χ3v) is 7.84. The molecule has 0 radical (unpaired) electrons. The van der Waals surface area contributed by atoms with Crippen molar-refractivity contribution in [3.05, 3.63) is 47.0 Å². The molecule has 0 unspecified atom stereocenters. The molecule has 2 amide bonds. The SMILES string of the molecule is Cc1cc(Cl)ccc1NS(=O)(=O)c1ccc2c(c1)NC(=O)[C@@H](C(=O)N1CCOCC1)S2. The average Bonchev–Trinajstić information content (AvgIpc) is 2.75. The van der Waals surface area contributed by atoms with E-state index >= 15 is 0 Å². The summed E-state index contributed by atoms with van der Waals surface area (Å²) in [5.74, 6) is -0.738. The van der Waals surface area contributed by atoms with E-state index in [4.69, 9.17) is 16.3 Å². The predicted octanol–water partition coefficient (Wildman–Crippen LogP) is 2.72. The highest BCUT2D eigenvalue weighted by Gasteiger charge is 2.36. The number of halogens is 1. The zero-order valence-electron chi connectivity index (χ0n) is 16.6. The quantitative estimate of drug-likeness (QED) is 0.650. The molecular formula is C20H20ClN3O5S2. The zero-order valence-corrected chi connectivity index (χ0v) is 18.9. The Kier molecular flexibility index (Phi) is 6.16. The first-order valence-corrected chi connectivity index (χ1v) is 12.3. The van der Waals surface area contributed by atoms with Gasteiger partial charge in [0, 0.05) is 23.0 Å². The van der Waals surface area contributed by atoms with Gasteiger partial charge in [-0.3, -0.25) is 14.3 Å². The van der Waals surface area contributed by atoms with Crippen LogP contribution in [0.1, 0.15) is 5.56 Å². The fraction of sp³-hybridized carbons (Fsp3) is 0.300. The first-order valence-electron chi connectivity index (χ1n) is 9.52. The van der Waals surface area contributed by atoms with Gasteiger partial charge in [0.15, 0.2) is 5.25 Å². The van der Waals surface area contributed by atoms with Crippen molar-refractivity contribution in [1.82, 2.24) is 4.90 Å². The van der Waals surface area contributed by atoms with Gasteiger partial charge >= 0.3 is 0 Å². The second-order valence-electron chi connectivity index (χ2n) is 7.15. The van der Waals surface area contributed by atoms with Gasteiger partial charge in [0.2, 0.25) is 11.8 Å². The molecule has 0 aliphatic carbocycles. The summed E-state index contributed by atoms with van der Waals surface area (Å²) in [6, 6.07) is 9.29. The van der Waals surface area contributed by atoms with Crippen LogP contribution in [0.5, 0.6) is 0 Å². The fourth-order valence-electron chi connectivity index (χ4n) is 3.31. The van der Waals surface area contributed by atoms with E-state index < -0.39 is 21.2 Å². The van der Waals surface area contributed by atoms with Crippen LogP contribution >= 0.6 is 23.4 Å². The van der Waals surface area contributed by atoms with Crippen molar-refractivity contribution in [2.24, 2.45) is 0 Å². The number of ether oxygens (including phenoxy) is 1. The van der Waals surface area contributed by atoms with Gasteiger partial charge in [0.25, 0.3) is 10.0 Å². The second kappa shape index (κ2) is 8.70. The van der Waals surface area contributed by atoms with Crippen LogP contribution in [0.15, 0.2) is 46.2 Å². The molecule has 0 bridgehead atoms. The number of sulfonamides is 1. The van der Waals surface area contributed by atoms with Crippen molar-refractivity contribution in [2.75, 3.05) is 36.3 Å². The number of nitrogens with zero attached hydrogens (tertiary/aromatic N) is 1. The highest BCUT2D eigenvalue weighted by molar-refractivity contribution is 8.01. The Morgan fingerprint density at radius 3 is 2.68 bits per heavy atom. The number of rotatable bonds is 4. The summed E-state index contributed by atoms with van der Waals surface area (Å²) in [6.07, 6.45) is 0. The number of morpholine rings is 1. The van der Waals surface area contributed by atoms with Crippen molar-refractivity contribution >= 4 is 56.6 Å². The summed E-state index contributed by atoms with van der Waals surface area (Å²) < 4.78 is 33.5. The van der Waals surface area contributed by atoms with Crippen LogP contribution in [-0.4, -0.2) is 56.7 Å². The maximum absolute atomic E-state index is 12.8. The van der Waals surface area contributed by atoms with Crippen molar-refractivity contribution in [1.29, 1.82) is 0 Å². The van der Waals surface area contributed by atoms with Gasteiger partial charge in [-0.2, -0.15) is 0 Å². The van der Waals surface area contributed by atoms with Crippen LogP contribution in [0.2, 0.25) is 5.02 Å². The minimum absolute atomic E-state index is 0.000504. The summed E-state index contributed by atoms with van der Waals surface area (Å²) in [7, 11) is -3.89. The van der Waals surface area contributed by atoms with Crippen LogP contribution in [0.25, 0.3) is 0 Å². The van der Waals surface area contributed by atoms with Crippen LogP contribution < -0.4 is 10.0 Å². The number of nitrogens with one attached hydrogen (secondary N) is 2. The van der Waals surface area contributed by atoms with Gasteiger partial charge in [0.1, 0.15) is 0 Å². The Balaban J connectivity index is 1.54. The molecule has 2 aromatic rings. The number of fused-ring (bicyclic) bond motifs is 1. The van der Waals surface area contributed by atoms with Crippen molar-refractivity contribution < 1.29 is 22.7 Å². The largest absolute Gasteiger partial charge is 0.378 e. The predicted molar refractivity (Wildman–Crippen MR) is 119 cm³/mol. The lowest BCUT2D eigenvalue weighted by molar-refractivity contribution is -0.137. The molecule has 11 heteroatoms. The van der Waals surface area contributed by atoms with E-state index in [-0.39, 0.29) is 10.8 Å². The Bertz CT molecular complexity index is 1150. The van der Waals surface area contributed by atoms with Crippen molar-refractivity contribution in [3.63, 3.8) is 0 Å². The molecule has 1 saturated heterocycles. The number of hydrogen-bond donors (Lipinski definition) is 2. The number of benzene rings is 2. The van der Waals surface area contributed by atoms with Gasteiger partial charge in [0.05, 0.1) is 29.5 Å². The minimum Gasteiger partial charge on any atom is -0.378 e. The molecule has 2 N–H and O–H groups in total. The summed E-state index contributed by atoms with van der Waals surface area (Å²) >= 11 is 7.05. The third-order valence-electron chi connectivity index (χ3n) is 4.98. The molecule has 8 nitrogen and oxygen atoms in total. The summed E-state index contributed by atoms with van der Waals surface area (Å²) in [6.45, 7) is 3.54. The van der Waals surface area contributed by atoms with E-state index in [1.807, 2.05) is 0 Å². The van der Waals surface area contributed by atoms with E-state index in [0.29, 0.717) is 53.2 Å². The highest BCUT2D eigenvalue weighted by Crippen LogP contribution is 2.38. The van der Waals surface area contributed by atoms with E-state index in [2.05, 4.69) is 10.0 Å². The molecular weight excluding hydrogens is 462 g/mol. The fourth-order valence-corrected chi connectivity index (χ4v) is 5.75. The number of hydrogen-bond acceptors (Lipinski definition) is 6. The van der Waals surface area contributed by atoms with Gasteiger partial charge in [-0.1, -0.05) is 11.6 Å². The lowest BCUT2D eigenvalue weighted by Gasteiger charge is -2.31. The van der Waals surface area contributed by atoms with E-state index in [0.717, 1.165) is 11.8 Å². The van der Waals surface area contributed by atoms with Gasteiger partial charge < -0.3 is 15.0 Å². The molecule has 0 aromatic heterocycles. The molecule has 0 spiro atoms. The standard InChI is InChI=1S/C20H20ClN3O5S2/c1-12-10-13(21)2-4-15(12)23-31(27,28)14-3-5-17-16(11-14)22-19(25)18(30-17)20(26)24-6-8-29-9-7-24/h2-5,10-11,18,23H,6-9H2,1H3,(H,22,25)/t18-/m0/s1. The number of aryl methyl sites for hydroxylation is 1. The number of thioether (sulfide) groups is 1. The van der Waals surface area contributed by atoms with Gasteiger partial charge in [-0.15, -0.1) is 11.8 Å². The Morgan fingerprint density at radius 1 is 1.23 bits per heavy atom. The summed E-state index contributed by atoms with van der Waals surface area (Å²) in [5, 5.41) is 2.27. The van der Waals surface area contributed by atoms with Crippen molar-refractivity contribution in [3.8, 4) is 0 Å². The molecule has 4 rings (SSSR count).